The van der Waals surface area contributed by atoms with E-state index in [1.54, 1.807) is 6.07 Å². The number of benzene rings is 1. The van der Waals surface area contributed by atoms with Crippen molar-refractivity contribution >= 4 is 37.4 Å². The lowest BCUT2D eigenvalue weighted by Gasteiger charge is -2.00. The molecule has 0 radical (unpaired) electrons. The first kappa shape index (κ1) is 8.91. The molecule has 0 unspecified atom stereocenters. The summed E-state index contributed by atoms with van der Waals surface area (Å²) in [4.78, 5) is 11.3. The van der Waals surface area contributed by atoms with Crippen LogP contribution >= 0.6 is 27.3 Å². The molecule has 1 aromatic heterocycles. The van der Waals surface area contributed by atoms with Gasteiger partial charge in [-0.3, -0.25) is 4.79 Å². The summed E-state index contributed by atoms with van der Waals surface area (Å²) >= 11 is 4.67. The van der Waals surface area contributed by atoms with E-state index in [2.05, 4.69) is 15.9 Å². The molecule has 3 heteroatoms. The number of hydrogen-bond donors (Lipinski definition) is 0. The minimum atomic E-state index is 0.119. The van der Waals surface area contributed by atoms with Crippen LogP contribution in [0, 0.1) is 0 Å². The van der Waals surface area contributed by atoms with Crippen molar-refractivity contribution in [2.45, 2.75) is 5.33 Å². The van der Waals surface area contributed by atoms with Crippen LogP contribution in [0.2, 0.25) is 0 Å². The molecule has 0 spiro atoms. The lowest BCUT2D eigenvalue weighted by atomic mass is 10.2. The molecule has 0 amide bonds. The summed E-state index contributed by atoms with van der Waals surface area (Å²) in [5.41, 5.74) is 1.07. The van der Waals surface area contributed by atoms with Gasteiger partial charge >= 0.3 is 0 Å². The van der Waals surface area contributed by atoms with Crippen molar-refractivity contribution in [1.29, 1.82) is 0 Å². The van der Waals surface area contributed by atoms with Crippen molar-refractivity contribution in [3.05, 3.63) is 45.4 Å². The number of rotatable bonds is 1. The Labute approximate surface area is 88.2 Å². The fourth-order valence-corrected chi connectivity index (χ4v) is 2.63. The molecule has 0 aliphatic rings. The average Bonchev–Trinajstić information content (AvgIpc) is 2.16. The highest BCUT2D eigenvalue weighted by Crippen LogP contribution is 2.21. The van der Waals surface area contributed by atoms with Gasteiger partial charge in [0.25, 0.3) is 0 Å². The maximum atomic E-state index is 11.3. The zero-order chi connectivity index (χ0) is 9.26. The van der Waals surface area contributed by atoms with Gasteiger partial charge < -0.3 is 0 Å². The van der Waals surface area contributed by atoms with Crippen molar-refractivity contribution < 1.29 is 0 Å². The number of halogens is 1. The first-order valence-corrected chi connectivity index (χ1v) is 5.83. The quantitative estimate of drug-likeness (QED) is 0.715. The molecule has 0 saturated carbocycles. The van der Waals surface area contributed by atoms with Crippen LogP contribution < -0.4 is 4.74 Å². The highest BCUT2D eigenvalue weighted by atomic mass is 79.9. The second-order valence-corrected chi connectivity index (χ2v) is 4.33. The maximum Gasteiger partial charge on any atom is 0.233 e. The van der Waals surface area contributed by atoms with Crippen LogP contribution in [0.4, 0.5) is 0 Å². The smallest absolute Gasteiger partial charge is 0.233 e. The first-order chi connectivity index (χ1) is 6.31. The maximum absolute atomic E-state index is 11.3. The molecule has 1 aromatic carbocycles. The Morgan fingerprint density at radius 1 is 1.31 bits per heavy atom. The van der Waals surface area contributed by atoms with Gasteiger partial charge in [-0.15, -0.1) is 0 Å². The van der Waals surface area contributed by atoms with Gasteiger partial charge in [-0.25, -0.2) is 0 Å². The molecule has 0 fully saturated rings. The highest BCUT2D eigenvalue weighted by Gasteiger charge is 2.00. The summed E-state index contributed by atoms with van der Waals surface area (Å²) in [7, 11) is 0. The van der Waals surface area contributed by atoms with E-state index in [0.29, 0.717) is 0 Å². The summed E-state index contributed by atoms with van der Waals surface area (Å²) < 4.78 is 1.18. The highest BCUT2D eigenvalue weighted by molar-refractivity contribution is 9.08. The van der Waals surface area contributed by atoms with Gasteiger partial charge in [0.1, 0.15) is 0 Å². The summed E-state index contributed by atoms with van der Waals surface area (Å²) in [5.74, 6) is 0. The van der Waals surface area contributed by atoms with Crippen molar-refractivity contribution in [2.24, 2.45) is 0 Å². The third-order valence-corrected chi connectivity index (χ3v) is 3.38. The summed E-state index contributed by atoms with van der Waals surface area (Å²) in [6.07, 6.45) is 0. The van der Waals surface area contributed by atoms with E-state index in [9.17, 15) is 4.79 Å². The second kappa shape index (κ2) is 3.60. The van der Waals surface area contributed by atoms with E-state index in [1.165, 1.54) is 16.7 Å². The molecule has 0 aliphatic heterocycles. The van der Waals surface area contributed by atoms with Crippen LogP contribution in [0.25, 0.3) is 10.1 Å². The van der Waals surface area contributed by atoms with Crippen molar-refractivity contribution in [2.75, 3.05) is 0 Å². The van der Waals surface area contributed by atoms with Gasteiger partial charge in [-0.05, 0) is 17.0 Å². The van der Waals surface area contributed by atoms with Crippen molar-refractivity contribution in [3.8, 4) is 0 Å². The Bertz CT molecular complexity index is 489. The molecular weight excluding hydrogens is 248 g/mol. The molecule has 0 atom stereocenters. The van der Waals surface area contributed by atoms with Gasteiger partial charge in [0.15, 0.2) is 0 Å². The van der Waals surface area contributed by atoms with Gasteiger partial charge in [0.05, 0.1) is 0 Å². The summed E-state index contributed by atoms with van der Waals surface area (Å²) in [6, 6.07) is 9.67. The minimum absolute atomic E-state index is 0.119. The van der Waals surface area contributed by atoms with Crippen LogP contribution in [-0.2, 0) is 5.33 Å². The van der Waals surface area contributed by atoms with E-state index >= 15 is 0 Å². The Hall–Kier alpha value is -0.670. The standard InChI is InChI=1S/C10H7BrOS/c11-6-7-5-10(12)13-9-4-2-1-3-8(7)9/h1-5H,6H2. The van der Waals surface area contributed by atoms with E-state index < -0.39 is 0 Å². The van der Waals surface area contributed by atoms with Crippen molar-refractivity contribution in [1.82, 2.24) is 0 Å². The predicted molar refractivity (Wildman–Crippen MR) is 60.7 cm³/mol. The van der Waals surface area contributed by atoms with E-state index in [0.717, 1.165) is 15.6 Å². The molecule has 1 nitrogen and oxygen atoms in total. The fourth-order valence-electron chi connectivity index (χ4n) is 1.29. The summed E-state index contributed by atoms with van der Waals surface area (Å²) in [5, 5.41) is 1.90. The lowest BCUT2D eigenvalue weighted by Crippen LogP contribution is -1.94. The fraction of sp³-hybridized carbons (Fsp3) is 0.100. The second-order valence-electron chi connectivity index (χ2n) is 2.72. The SMILES string of the molecule is O=c1cc(CBr)c2ccccc2s1. The predicted octanol–water partition coefficient (Wildman–Crippen LogP) is 3.16. The third kappa shape index (κ3) is 1.67. The molecule has 0 N–H and O–H groups in total. The Kier molecular flexibility index (Phi) is 2.47. The average molecular weight is 255 g/mol. The lowest BCUT2D eigenvalue weighted by molar-refractivity contribution is 1.49. The number of hydrogen-bond acceptors (Lipinski definition) is 2. The van der Waals surface area contributed by atoms with Gasteiger partial charge in [-0.2, -0.15) is 0 Å². The summed E-state index contributed by atoms with van der Waals surface area (Å²) in [6.45, 7) is 0. The van der Waals surface area contributed by atoms with Gasteiger partial charge in [0, 0.05) is 16.1 Å². The van der Waals surface area contributed by atoms with Crippen LogP contribution in [0.5, 0.6) is 0 Å². The topological polar surface area (TPSA) is 17.1 Å². The van der Waals surface area contributed by atoms with Crippen molar-refractivity contribution in [3.63, 3.8) is 0 Å². The zero-order valence-corrected chi connectivity index (χ0v) is 9.19. The third-order valence-electron chi connectivity index (χ3n) is 1.88. The monoisotopic (exact) mass is 254 g/mol. The van der Waals surface area contributed by atoms with E-state index in [4.69, 9.17) is 0 Å². The van der Waals surface area contributed by atoms with E-state index in [1.807, 2.05) is 24.3 Å². The Morgan fingerprint density at radius 3 is 2.85 bits per heavy atom. The molecule has 66 valence electrons. The molecule has 2 rings (SSSR count). The van der Waals surface area contributed by atoms with Crippen LogP contribution in [-0.4, -0.2) is 0 Å². The number of fused-ring (bicyclic) bond motifs is 1. The normalized spacial score (nSPS) is 10.5. The molecule has 0 bridgehead atoms. The largest absolute Gasteiger partial charge is 0.278 e. The first-order valence-electron chi connectivity index (χ1n) is 3.89. The van der Waals surface area contributed by atoms with Crippen LogP contribution in [0.15, 0.2) is 35.1 Å². The molecule has 0 saturated heterocycles. The molecular formula is C10H7BrOS. The molecule has 1 heterocycles. The van der Waals surface area contributed by atoms with Gasteiger partial charge in [-0.1, -0.05) is 45.5 Å². The van der Waals surface area contributed by atoms with Crippen LogP contribution in [0.1, 0.15) is 5.56 Å². The Morgan fingerprint density at radius 2 is 2.08 bits per heavy atom. The minimum Gasteiger partial charge on any atom is -0.278 e. The molecule has 2 aromatic rings. The van der Waals surface area contributed by atoms with Gasteiger partial charge in [0.2, 0.25) is 4.74 Å². The van der Waals surface area contributed by atoms with E-state index in [-0.39, 0.29) is 4.74 Å². The van der Waals surface area contributed by atoms with Crippen LogP contribution in [0.3, 0.4) is 0 Å². The molecule has 0 aliphatic carbocycles. The zero-order valence-electron chi connectivity index (χ0n) is 6.79. The number of alkyl halides is 1. The molecule has 13 heavy (non-hydrogen) atoms. The Balaban J connectivity index is 2.89.